The summed E-state index contributed by atoms with van der Waals surface area (Å²) in [5.41, 5.74) is 4.01. The third-order valence-corrected chi connectivity index (χ3v) is 4.73. The van der Waals surface area contributed by atoms with Gasteiger partial charge in [-0.3, -0.25) is 0 Å². The summed E-state index contributed by atoms with van der Waals surface area (Å²) >= 11 is 1.86. The van der Waals surface area contributed by atoms with Crippen molar-refractivity contribution < 1.29 is 0 Å². The van der Waals surface area contributed by atoms with E-state index in [4.69, 9.17) is 0 Å². The van der Waals surface area contributed by atoms with Gasteiger partial charge in [0.1, 0.15) is 0 Å². The van der Waals surface area contributed by atoms with E-state index < -0.39 is 0 Å². The number of nitrogens with zero attached hydrogens (tertiary/aromatic N) is 2. The molecule has 14 heavy (non-hydrogen) atoms. The van der Waals surface area contributed by atoms with Crippen molar-refractivity contribution in [1.82, 2.24) is 9.88 Å². The largest absolute Gasteiger partial charge is 0.306 e. The minimum Gasteiger partial charge on any atom is -0.306 e. The fourth-order valence-corrected chi connectivity index (χ4v) is 3.74. The molecular weight excluding hydrogens is 192 g/mol. The molecule has 1 aliphatic carbocycles. The summed E-state index contributed by atoms with van der Waals surface area (Å²) in [5, 5.41) is 0. The maximum absolute atomic E-state index is 4.47. The number of likely N-dealkylation sites (tertiary alicyclic amines) is 1. The monoisotopic (exact) mass is 208 g/mol. The Bertz CT molecular complexity index is 314. The lowest BCUT2D eigenvalue weighted by Crippen LogP contribution is -2.38. The average Bonchev–Trinajstić information content (AvgIpc) is 2.69. The molecule has 2 nitrogen and oxygen atoms in total. The predicted octanol–water partition coefficient (Wildman–Crippen LogP) is 1.95. The van der Waals surface area contributed by atoms with Gasteiger partial charge in [-0.1, -0.05) is 0 Å². The van der Waals surface area contributed by atoms with Crippen LogP contribution in [0.15, 0.2) is 5.51 Å². The molecule has 1 aromatic heterocycles. The zero-order valence-electron chi connectivity index (χ0n) is 8.62. The van der Waals surface area contributed by atoms with Crippen LogP contribution in [0.1, 0.15) is 23.4 Å². The summed E-state index contributed by atoms with van der Waals surface area (Å²) in [5.74, 6) is 0. The molecule has 0 unspecified atom stereocenters. The molecule has 1 fully saturated rings. The Morgan fingerprint density at radius 2 is 2.14 bits per heavy atom. The lowest BCUT2D eigenvalue weighted by molar-refractivity contribution is 0.131. The second-order valence-corrected chi connectivity index (χ2v) is 5.82. The maximum Gasteiger partial charge on any atom is 0.0797 e. The van der Waals surface area contributed by atoms with Gasteiger partial charge in [-0.2, -0.15) is 0 Å². The molecule has 76 valence electrons. The molecule has 0 amide bonds. The molecule has 0 aromatic carbocycles. The van der Waals surface area contributed by atoms with Crippen LogP contribution < -0.4 is 0 Å². The number of fused-ring (bicyclic) bond motifs is 1. The van der Waals surface area contributed by atoms with Crippen molar-refractivity contribution in [2.24, 2.45) is 5.41 Å². The van der Waals surface area contributed by atoms with Gasteiger partial charge in [0.15, 0.2) is 0 Å². The molecule has 0 radical (unpaired) electrons. The molecule has 0 bridgehead atoms. The van der Waals surface area contributed by atoms with Crippen molar-refractivity contribution in [3.05, 3.63) is 16.1 Å². The van der Waals surface area contributed by atoms with Gasteiger partial charge in [-0.05, 0) is 51.2 Å². The Hall–Kier alpha value is -0.410. The van der Waals surface area contributed by atoms with Crippen LogP contribution in [0.4, 0.5) is 0 Å². The topological polar surface area (TPSA) is 16.1 Å². The molecule has 0 atom stereocenters. The first-order valence-corrected chi connectivity index (χ1v) is 6.25. The summed E-state index contributed by atoms with van der Waals surface area (Å²) in [6, 6.07) is 0. The van der Waals surface area contributed by atoms with E-state index in [1.807, 2.05) is 16.8 Å². The SMILES string of the molecule is CN1CCC2(CC1)Cc1ncsc1C2. The molecule has 1 spiro atoms. The van der Waals surface area contributed by atoms with Crippen molar-refractivity contribution in [3.8, 4) is 0 Å². The lowest BCUT2D eigenvalue weighted by Gasteiger charge is -2.37. The number of piperidine rings is 1. The number of hydrogen-bond acceptors (Lipinski definition) is 3. The van der Waals surface area contributed by atoms with Crippen LogP contribution in [0.5, 0.6) is 0 Å². The molecule has 2 heterocycles. The normalized spacial score (nSPS) is 25.5. The van der Waals surface area contributed by atoms with E-state index in [2.05, 4.69) is 16.9 Å². The van der Waals surface area contributed by atoms with E-state index in [1.165, 1.54) is 44.5 Å². The van der Waals surface area contributed by atoms with Gasteiger partial charge in [0.2, 0.25) is 0 Å². The number of rotatable bonds is 0. The molecule has 1 saturated heterocycles. The molecule has 3 rings (SSSR count). The minimum atomic E-state index is 0.599. The number of thiazole rings is 1. The Morgan fingerprint density at radius 1 is 1.36 bits per heavy atom. The average molecular weight is 208 g/mol. The Kier molecular flexibility index (Phi) is 1.92. The van der Waals surface area contributed by atoms with E-state index in [9.17, 15) is 0 Å². The quantitative estimate of drug-likeness (QED) is 0.648. The zero-order valence-corrected chi connectivity index (χ0v) is 9.44. The highest BCUT2D eigenvalue weighted by atomic mass is 32.1. The van der Waals surface area contributed by atoms with Gasteiger partial charge in [0.05, 0.1) is 11.2 Å². The van der Waals surface area contributed by atoms with Crippen LogP contribution >= 0.6 is 11.3 Å². The summed E-state index contributed by atoms with van der Waals surface area (Å²) in [6.07, 6.45) is 5.29. The van der Waals surface area contributed by atoms with E-state index in [0.29, 0.717) is 5.41 Å². The first kappa shape index (κ1) is 8.86. The van der Waals surface area contributed by atoms with Crippen LogP contribution in [0.3, 0.4) is 0 Å². The summed E-state index contributed by atoms with van der Waals surface area (Å²) in [6.45, 7) is 2.55. The van der Waals surface area contributed by atoms with Gasteiger partial charge in [0.25, 0.3) is 0 Å². The smallest absolute Gasteiger partial charge is 0.0797 e. The van der Waals surface area contributed by atoms with Crippen molar-refractivity contribution in [2.45, 2.75) is 25.7 Å². The first-order valence-electron chi connectivity index (χ1n) is 5.37. The van der Waals surface area contributed by atoms with E-state index in [-0.39, 0.29) is 0 Å². The second kappa shape index (κ2) is 3.04. The molecule has 1 aliphatic heterocycles. The van der Waals surface area contributed by atoms with Gasteiger partial charge >= 0.3 is 0 Å². The van der Waals surface area contributed by atoms with Crippen molar-refractivity contribution >= 4 is 11.3 Å². The van der Waals surface area contributed by atoms with Crippen LogP contribution in [0.25, 0.3) is 0 Å². The van der Waals surface area contributed by atoms with Crippen molar-refractivity contribution in [2.75, 3.05) is 20.1 Å². The molecule has 0 saturated carbocycles. The lowest BCUT2D eigenvalue weighted by atomic mass is 9.76. The highest BCUT2D eigenvalue weighted by molar-refractivity contribution is 7.09. The Labute approximate surface area is 89.0 Å². The number of hydrogen-bond donors (Lipinski definition) is 0. The van der Waals surface area contributed by atoms with Gasteiger partial charge in [-0.15, -0.1) is 11.3 Å². The minimum absolute atomic E-state index is 0.599. The Morgan fingerprint density at radius 3 is 2.86 bits per heavy atom. The third kappa shape index (κ3) is 1.30. The molecule has 2 aliphatic rings. The highest BCUT2D eigenvalue weighted by Gasteiger charge is 2.40. The van der Waals surface area contributed by atoms with Gasteiger partial charge < -0.3 is 4.90 Å². The first-order chi connectivity index (χ1) is 6.77. The fourth-order valence-electron chi connectivity index (χ4n) is 2.79. The van der Waals surface area contributed by atoms with Crippen LogP contribution in [-0.2, 0) is 12.8 Å². The van der Waals surface area contributed by atoms with Crippen LogP contribution in [0.2, 0.25) is 0 Å². The van der Waals surface area contributed by atoms with Crippen LogP contribution in [-0.4, -0.2) is 30.0 Å². The summed E-state index contributed by atoms with van der Waals surface area (Å²) in [7, 11) is 2.23. The number of aromatic nitrogens is 1. The summed E-state index contributed by atoms with van der Waals surface area (Å²) < 4.78 is 0. The standard InChI is InChI=1S/C11H16N2S/c1-13-4-2-11(3-5-13)6-9-10(7-11)14-8-12-9/h8H,2-7H2,1H3. The van der Waals surface area contributed by atoms with Gasteiger partial charge in [0, 0.05) is 4.88 Å². The van der Waals surface area contributed by atoms with Crippen molar-refractivity contribution in [3.63, 3.8) is 0 Å². The second-order valence-electron chi connectivity index (χ2n) is 4.88. The highest BCUT2D eigenvalue weighted by Crippen LogP contribution is 2.45. The summed E-state index contributed by atoms with van der Waals surface area (Å²) in [4.78, 5) is 8.48. The van der Waals surface area contributed by atoms with Crippen molar-refractivity contribution in [1.29, 1.82) is 0 Å². The van der Waals surface area contributed by atoms with Crippen LogP contribution in [0, 0.1) is 5.41 Å². The molecular formula is C11H16N2S. The molecule has 0 N–H and O–H groups in total. The van der Waals surface area contributed by atoms with E-state index in [1.54, 1.807) is 4.88 Å². The maximum atomic E-state index is 4.47. The molecule has 3 heteroatoms. The van der Waals surface area contributed by atoms with Gasteiger partial charge in [-0.25, -0.2) is 4.98 Å². The predicted molar refractivity (Wildman–Crippen MR) is 58.7 cm³/mol. The Balaban J connectivity index is 1.79. The zero-order chi connectivity index (χ0) is 9.60. The third-order valence-electron chi connectivity index (χ3n) is 3.85. The molecule has 1 aromatic rings. The van der Waals surface area contributed by atoms with E-state index >= 15 is 0 Å². The van der Waals surface area contributed by atoms with E-state index in [0.717, 1.165) is 0 Å². The fraction of sp³-hybridized carbons (Fsp3) is 0.727.